The summed E-state index contributed by atoms with van der Waals surface area (Å²) in [6.07, 6.45) is 1.82. The number of furan rings is 1. The molecule has 0 unspecified atom stereocenters. The number of hydrogen-bond donors (Lipinski definition) is 2. The first-order valence-electron chi connectivity index (χ1n) is 5.97. The highest BCUT2D eigenvalue weighted by molar-refractivity contribution is 7.85. The van der Waals surface area contributed by atoms with Crippen molar-refractivity contribution in [3.05, 3.63) is 23.2 Å². The second-order valence-electron chi connectivity index (χ2n) is 4.50. The highest BCUT2D eigenvalue weighted by Gasteiger charge is 2.18. The molecule has 0 spiro atoms. The number of aryl methyl sites for hydroxylation is 1. The minimum Gasteiger partial charge on any atom is -0.475 e. The molecule has 0 aromatic carbocycles. The Labute approximate surface area is 108 Å². The van der Waals surface area contributed by atoms with Crippen molar-refractivity contribution in [2.75, 3.05) is 11.5 Å². The van der Waals surface area contributed by atoms with E-state index < -0.39 is 16.8 Å². The predicted molar refractivity (Wildman–Crippen MR) is 68.1 cm³/mol. The summed E-state index contributed by atoms with van der Waals surface area (Å²) >= 11 is 0. The van der Waals surface area contributed by atoms with Gasteiger partial charge in [-0.3, -0.25) is 4.21 Å². The molecule has 0 saturated carbocycles. The Kier molecular flexibility index (Phi) is 4.19. The third-order valence-electron chi connectivity index (χ3n) is 3.20. The largest absolute Gasteiger partial charge is 0.475 e. The van der Waals surface area contributed by atoms with Crippen LogP contribution in [0.15, 0.2) is 10.5 Å². The fourth-order valence-corrected chi connectivity index (χ4v) is 3.35. The molecule has 1 fully saturated rings. The van der Waals surface area contributed by atoms with E-state index in [0.29, 0.717) is 18.3 Å². The first kappa shape index (κ1) is 13.3. The highest BCUT2D eigenvalue weighted by atomic mass is 32.2. The van der Waals surface area contributed by atoms with E-state index in [9.17, 15) is 9.00 Å². The molecule has 18 heavy (non-hydrogen) atoms. The zero-order valence-electron chi connectivity index (χ0n) is 10.3. The van der Waals surface area contributed by atoms with Crippen LogP contribution in [0.4, 0.5) is 0 Å². The standard InChI is InChI=1S/C12H17NO4S/c1-8-9(6-11(17-8)12(14)15)7-13-10-2-4-18(16)5-3-10/h6,10,13H,2-5,7H2,1H3,(H,14,15). The SMILES string of the molecule is Cc1oc(C(=O)O)cc1CNC1CCS(=O)CC1. The Morgan fingerprint density at radius 3 is 2.78 bits per heavy atom. The smallest absolute Gasteiger partial charge is 0.371 e. The van der Waals surface area contributed by atoms with E-state index in [1.807, 2.05) is 0 Å². The second-order valence-corrected chi connectivity index (χ2v) is 6.20. The molecule has 2 N–H and O–H groups in total. The van der Waals surface area contributed by atoms with E-state index in [1.165, 1.54) is 0 Å². The molecule has 100 valence electrons. The molecule has 0 radical (unpaired) electrons. The number of carboxylic acid groups (broad SMARTS) is 1. The van der Waals surface area contributed by atoms with Gasteiger partial charge in [-0.25, -0.2) is 4.79 Å². The third-order valence-corrected chi connectivity index (χ3v) is 4.58. The fraction of sp³-hybridized carbons (Fsp3) is 0.583. The molecule has 1 aliphatic rings. The van der Waals surface area contributed by atoms with Gasteiger partial charge in [-0.05, 0) is 25.8 Å². The maximum atomic E-state index is 11.2. The molecule has 5 nitrogen and oxygen atoms in total. The second kappa shape index (κ2) is 5.67. The molecule has 1 aliphatic heterocycles. The van der Waals surface area contributed by atoms with Crippen molar-refractivity contribution in [1.29, 1.82) is 0 Å². The maximum absolute atomic E-state index is 11.2. The van der Waals surface area contributed by atoms with Crippen LogP contribution in [0.3, 0.4) is 0 Å². The Bertz CT molecular complexity index is 459. The number of carbonyl (C=O) groups is 1. The first-order chi connectivity index (χ1) is 8.56. The van der Waals surface area contributed by atoms with Gasteiger partial charge in [0, 0.05) is 40.5 Å². The number of aromatic carboxylic acids is 1. The molecule has 1 aromatic heterocycles. The van der Waals surface area contributed by atoms with E-state index in [1.54, 1.807) is 13.0 Å². The van der Waals surface area contributed by atoms with Gasteiger partial charge in [-0.1, -0.05) is 0 Å². The predicted octanol–water partition coefficient (Wildman–Crippen LogP) is 1.29. The van der Waals surface area contributed by atoms with Crippen molar-refractivity contribution in [3.8, 4) is 0 Å². The van der Waals surface area contributed by atoms with E-state index in [0.717, 1.165) is 29.9 Å². The molecule has 1 aromatic rings. The van der Waals surface area contributed by atoms with Crippen molar-refractivity contribution in [2.24, 2.45) is 0 Å². The van der Waals surface area contributed by atoms with Gasteiger partial charge in [-0.15, -0.1) is 0 Å². The van der Waals surface area contributed by atoms with E-state index in [-0.39, 0.29) is 5.76 Å². The molecule has 0 atom stereocenters. The molecule has 1 saturated heterocycles. The average molecular weight is 271 g/mol. The van der Waals surface area contributed by atoms with Gasteiger partial charge in [0.05, 0.1) is 0 Å². The van der Waals surface area contributed by atoms with Crippen LogP contribution in [0, 0.1) is 6.92 Å². The molecular formula is C12H17NO4S. The normalized spacial score (nSPS) is 24.1. The van der Waals surface area contributed by atoms with Crippen molar-refractivity contribution in [2.45, 2.75) is 32.4 Å². The number of hydrogen-bond acceptors (Lipinski definition) is 4. The molecule has 6 heteroatoms. The minimum atomic E-state index is -1.04. The van der Waals surface area contributed by atoms with Crippen molar-refractivity contribution in [3.63, 3.8) is 0 Å². The Balaban J connectivity index is 1.90. The van der Waals surface area contributed by atoms with E-state index in [4.69, 9.17) is 9.52 Å². The van der Waals surface area contributed by atoms with Crippen molar-refractivity contribution >= 4 is 16.8 Å². The lowest BCUT2D eigenvalue weighted by Gasteiger charge is -2.22. The molecule has 2 heterocycles. The maximum Gasteiger partial charge on any atom is 0.371 e. The van der Waals surface area contributed by atoms with Crippen LogP contribution in [0.25, 0.3) is 0 Å². The summed E-state index contributed by atoms with van der Waals surface area (Å²) in [4.78, 5) is 10.8. The summed E-state index contributed by atoms with van der Waals surface area (Å²) in [5.74, 6) is 1.08. The van der Waals surface area contributed by atoms with Gasteiger partial charge in [-0.2, -0.15) is 0 Å². The van der Waals surface area contributed by atoms with Gasteiger partial charge in [0.15, 0.2) is 0 Å². The number of carboxylic acids is 1. The van der Waals surface area contributed by atoms with E-state index >= 15 is 0 Å². The topological polar surface area (TPSA) is 79.5 Å². The summed E-state index contributed by atoms with van der Waals surface area (Å²) in [7, 11) is -0.652. The van der Waals surface area contributed by atoms with Crippen LogP contribution < -0.4 is 5.32 Å². The van der Waals surface area contributed by atoms with Crippen LogP contribution in [0.1, 0.15) is 34.7 Å². The van der Waals surface area contributed by atoms with Gasteiger partial charge < -0.3 is 14.8 Å². The molecule has 0 amide bonds. The van der Waals surface area contributed by atoms with Gasteiger partial charge in [0.1, 0.15) is 5.76 Å². The zero-order chi connectivity index (χ0) is 13.1. The fourth-order valence-electron chi connectivity index (χ4n) is 2.05. The van der Waals surface area contributed by atoms with Crippen molar-refractivity contribution < 1.29 is 18.5 Å². The molecule has 0 bridgehead atoms. The summed E-state index contributed by atoms with van der Waals surface area (Å²) in [5.41, 5.74) is 0.874. The lowest BCUT2D eigenvalue weighted by molar-refractivity contribution is 0.0661. The van der Waals surface area contributed by atoms with Crippen molar-refractivity contribution in [1.82, 2.24) is 5.32 Å². The van der Waals surface area contributed by atoms with Crippen LogP contribution in [-0.4, -0.2) is 32.8 Å². The zero-order valence-corrected chi connectivity index (χ0v) is 11.1. The van der Waals surface area contributed by atoms with Gasteiger partial charge in [0.25, 0.3) is 0 Å². The number of rotatable bonds is 4. The van der Waals surface area contributed by atoms with E-state index in [2.05, 4.69) is 5.32 Å². The third kappa shape index (κ3) is 3.20. The van der Waals surface area contributed by atoms with Gasteiger partial charge in [0.2, 0.25) is 5.76 Å². The van der Waals surface area contributed by atoms with Crippen LogP contribution in [-0.2, 0) is 17.3 Å². The average Bonchev–Trinajstić information content (AvgIpc) is 2.70. The monoisotopic (exact) mass is 271 g/mol. The Hall–Kier alpha value is -1.14. The lowest BCUT2D eigenvalue weighted by Crippen LogP contribution is -2.35. The molecular weight excluding hydrogens is 254 g/mol. The summed E-state index contributed by atoms with van der Waals surface area (Å²) < 4.78 is 16.4. The summed E-state index contributed by atoms with van der Waals surface area (Å²) in [5, 5.41) is 12.2. The number of nitrogens with one attached hydrogen (secondary N) is 1. The quantitative estimate of drug-likeness (QED) is 0.862. The minimum absolute atomic E-state index is 0.0194. The highest BCUT2D eigenvalue weighted by Crippen LogP contribution is 2.16. The van der Waals surface area contributed by atoms with Crippen LogP contribution in [0.2, 0.25) is 0 Å². The molecule has 2 rings (SSSR count). The van der Waals surface area contributed by atoms with Crippen LogP contribution >= 0.6 is 0 Å². The summed E-state index contributed by atoms with van der Waals surface area (Å²) in [6.45, 7) is 2.36. The van der Waals surface area contributed by atoms with Gasteiger partial charge >= 0.3 is 5.97 Å². The Morgan fingerprint density at radius 1 is 1.56 bits per heavy atom. The first-order valence-corrected chi connectivity index (χ1v) is 7.46. The molecule has 0 aliphatic carbocycles. The van der Waals surface area contributed by atoms with Crippen LogP contribution in [0.5, 0.6) is 0 Å². The summed E-state index contributed by atoms with van der Waals surface area (Å²) in [6, 6.07) is 1.93. The lowest BCUT2D eigenvalue weighted by atomic mass is 10.1. The Morgan fingerprint density at radius 2 is 2.22 bits per heavy atom.